The van der Waals surface area contributed by atoms with Crippen molar-refractivity contribution in [3.8, 4) is 11.5 Å². The summed E-state index contributed by atoms with van der Waals surface area (Å²) in [5, 5.41) is 4.45. The van der Waals surface area contributed by atoms with Gasteiger partial charge in [-0.1, -0.05) is 29.8 Å². The van der Waals surface area contributed by atoms with Gasteiger partial charge in [0.05, 0.1) is 31.3 Å². The predicted octanol–water partition coefficient (Wildman–Crippen LogP) is 4.41. The zero-order chi connectivity index (χ0) is 27.1. The van der Waals surface area contributed by atoms with Crippen LogP contribution in [-0.2, 0) is 32.5 Å². The van der Waals surface area contributed by atoms with Crippen molar-refractivity contribution in [2.45, 2.75) is 80.3 Å². The Labute approximate surface area is 240 Å². The summed E-state index contributed by atoms with van der Waals surface area (Å²) in [6, 6.07) is 12.3. The number of hydrogen-bond acceptors (Lipinski definition) is 6. The summed E-state index contributed by atoms with van der Waals surface area (Å²) in [7, 11) is 1.70. The molecule has 2 aromatic rings. The van der Waals surface area contributed by atoms with E-state index in [-0.39, 0.29) is 18.1 Å². The van der Waals surface area contributed by atoms with Gasteiger partial charge in [0.2, 0.25) is 11.7 Å². The molecule has 2 bridgehead atoms. The highest BCUT2D eigenvalue weighted by molar-refractivity contribution is 6.30. The number of nitrogens with one attached hydrogen (secondary N) is 1. The number of carbonyl (C=O) groups excluding carboxylic acids is 1. The topological polar surface area (TPSA) is 69.3 Å². The molecule has 6 aliphatic rings. The van der Waals surface area contributed by atoms with E-state index in [1.54, 1.807) is 7.11 Å². The number of nitrogens with zero attached hydrogens (tertiary/aromatic N) is 1. The third-order valence-corrected chi connectivity index (χ3v) is 11.0. The number of likely N-dealkylation sites (tertiary alicyclic amines) is 1. The summed E-state index contributed by atoms with van der Waals surface area (Å²) in [5.41, 5.74) is 2.71. The van der Waals surface area contributed by atoms with Crippen molar-refractivity contribution in [3.63, 3.8) is 0 Å². The van der Waals surface area contributed by atoms with Gasteiger partial charge in [0, 0.05) is 36.0 Å². The standard InChI is InChI=1S/C32H37ClN2O5/c1-37-24-10-7-22-18-25-31(34-26(36)11-6-20-4-8-23(33)9-5-20)12-13-32(38-16-17-39-32)29-30(31,27(22)28(24)40-29)14-15-35(25)19-21-2-3-21/h4-5,7-10,21,25,29H,2-3,6,11-19H2,1H3,(H,34,36)/t25-,29-,30+,31-/m1/s1. The van der Waals surface area contributed by atoms with Gasteiger partial charge in [0.15, 0.2) is 17.6 Å². The van der Waals surface area contributed by atoms with Crippen molar-refractivity contribution < 1.29 is 23.7 Å². The van der Waals surface area contributed by atoms with Gasteiger partial charge in [-0.3, -0.25) is 9.69 Å². The minimum Gasteiger partial charge on any atom is -0.493 e. The second-order valence-electron chi connectivity index (χ2n) is 12.7. The van der Waals surface area contributed by atoms with E-state index in [4.69, 9.17) is 30.5 Å². The molecule has 40 heavy (non-hydrogen) atoms. The van der Waals surface area contributed by atoms with Crippen molar-refractivity contribution in [3.05, 3.63) is 58.1 Å². The van der Waals surface area contributed by atoms with E-state index in [1.165, 1.54) is 24.0 Å². The van der Waals surface area contributed by atoms with Crippen LogP contribution in [-0.4, -0.2) is 67.7 Å². The minimum absolute atomic E-state index is 0.0929. The number of carbonyl (C=O) groups is 1. The van der Waals surface area contributed by atoms with Gasteiger partial charge in [-0.25, -0.2) is 0 Å². The van der Waals surface area contributed by atoms with Crippen LogP contribution < -0.4 is 14.8 Å². The van der Waals surface area contributed by atoms with Crippen molar-refractivity contribution >= 4 is 17.5 Å². The maximum Gasteiger partial charge on any atom is 0.220 e. The van der Waals surface area contributed by atoms with E-state index in [0.717, 1.165) is 55.3 Å². The first-order chi connectivity index (χ1) is 19.5. The van der Waals surface area contributed by atoms with Gasteiger partial charge in [-0.05, 0) is 80.3 Å². The van der Waals surface area contributed by atoms with Gasteiger partial charge in [0.1, 0.15) is 0 Å². The number of fused-ring (bicyclic) bond motifs is 1. The van der Waals surface area contributed by atoms with Crippen molar-refractivity contribution in [2.24, 2.45) is 5.92 Å². The lowest BCUT2D eigenvalue weighted by molar-refractivity contribution is -0.268. The Kier molecular flexibility index (Phi) is 5.77. The van der Waals surface area contributed by atoms with Gasteiger partial charge >= 0.3 is 0 Å². The highest BCUT2D eigenvalue weighted by atomic mass is 35.5. The van der Waals surface area contributed by atoms with E-state index >= 15 is 0 Å². The number of hydrogen-bond donors (Lipinski definition) is 1. The average molecular weight is 565 g/mol. The highest BCUT2D eigenvalue weighted by Crippen LogP contribution is 2.68. The smallest absolute Gasteiger partial charge is 0.220 e. The van der Waals surface area contributed by atoms with Crippen LogP contribution in [0.25, 0.3) is 0 Å². The number of methoxy groups -OCH3 is 1. The van der Waals surface area contributed by atoms with Crippen LogP contribution in [0, 0.1) is 5.92 Å². The number of ether oxygens (including phenoxy) is 4. The Morgan fingerprint density at radius 1 is 1.10 bits per heavy atom. The molecule has 4 fully saturated rings. The Balaban J connectivity index is 1.23. The molecule has 2 saturated carbocycles. The Hall–Kier alpha value is -2.32. The molecular formula is C32H37ClN2O5. The number of piperidine rings is 1. The lowest BCUT2D eigenvalue weighted by atomic mass is 9.46. The molecule has 2 saturated heterocycles. The molecule has 8 rings (SSSR count). The van der Waals surface area contributed by atoms with E-state index in [9.17, 15) is 4.79 Å². The third-order valence-electron chi connectivity index (χ3n) is 10.7. The number of halogens is 1. The second-order valence-corrected chi connectivity index (χ2v) is 13.1. The zero-order valence-corrected chi connectivity index (χ0v) is 23.8. The first-order valence-electron chi connectivity index (χ1n) is 14.9. The predicted molar refractivity (Wildman–Crippen MR) is 150 cm³/mol. The van der Waals surface area contributed by atoms with Crippen LogP contribution in [0.15, 0.2) is 36.4 Å². The quantitative estimate of drug-likeness (QED) is 0.537. The molecule has 7 nitrogen and oxygen atoms in total. The first kappa shape index (κ1) is 25.4. The molecule has 2 spiro atoms. The van der Waals surface area contributed by atoms with Crippen LogP contribution in [0.3, 0.4) is 0 Å². The molecule has 3 heterocycles. The SMILES string of the molecule is COc1ccc2c3c1O[C@H]1C4(CC[C@@]5(NC(=O)CCc6ccc(Cl)cc6)[C@@H](C2)N(CC2CC2)CC[C@]315)OCCO4. The number of aryl methyl sites for hydroxylation is 1. The molecule has 1 amide bonds. The summed E-state index contributed by atoms with van der Waals surface area (Å²) >= 11 is 6.09. The molecule has 4 atom stereocenters. The van der Waals surface area contributed by atoms with E-state index in [1.807, 2.05) is 30.3 Å². The summed E-state index contributed by atoms with van der Waals surface area (Å²) in [4.78, 5) is 16.7. The summed E-state index contributed by atoms with van der Waals surface area (Å²) in [5.74, 6) is 1.62. The maximum absolute atomic E-state index is 14.0. The molecule has 2 aromatic carbocycles. The van der Waals surface area contributed by atoms with Crippen LogP contribution in [0.5, 0.6) is 11.5 Å². The molecule has 212 valence electrons. The molecule has 3 aliphatic carbocycles. The van der Waals surface area contributed by atoms with E-state index in [2.05, 4.69) is 16.3 Å². The van der Waals surface area contributed by atoms with Gasteiger partial charge in [-0.15, -0.1) is 0 Å². The van der Waals surface area contributed by atoms with Crippen LogP contribution in [0.1, 0.15) is 55.2 Å². The molecule has 0 unspecified atom stereocenters. The fourth-order valence-corrected chi connectivity index (χ4v) is 9.00. The van der Waals surface area contributed by atoms with E-state index in [0.29, 0.717) is 37.5 Å². The van der Waals surface area contributed by atoms with Crippen LogP contribution in [0.2, 0.25) is 5.02 Å². The molecule has 1 N–H and O–H groups in total. The lowest BCUT2D eigenvalue weighted by Gasteiger charge is -2.67. The van der Waals surface area contributed by atoms with Gasteiger partial charge in [-0.2, -0.15) is 0 Å². The fraction of sp³-hybridized carbons (Fsp3) is 0.594. The largest absolute Gasteiger partial charge is 0.493 e. The normalized spacial score (nSPS) is 33.0. The fourth-order valence-electron chi connectivity index (χ4n) is 8.88. The summed E-state index contributed by atoms with van der Waals surface area (Å²) in [6.45, 7) is 3.21. The number of rotatable bonds is 7. The number of amides is 1. The molecule has 0 radical (unpaired) electrons. The molecule has 8 heteroatoms. The van der Waals surface area contributed by atoms with Crippen molar-refractivity contribution in [1.29, 1.82) is 0 Å². The van der Waals surface area contributed by atoms with Crippen LogP contribution in [0.4, 0.5) is 0 Å². The molecule has 3 aliphatic heterocycles. The summed E-state index contributed by atoms with van der Waals surface area (Å²) in [6.07, 6.45) is 6.64. The van der Waals surface area contributed by atoms with Crippen LogP contribution >= 0.6 is 11.6 Å². The highest BCUT2D eigenvalue weighted by Gasteiger charge is 2.78. The monoisotopic (exact) mass is 564 g/mol. The average Bonchev–Trinajstić information content (AvgIpc) is 3.52. The summed E-state index contributed by atoms with van der Waals surface area (Å²) < 4.78 is 25.7. The lowest BCUT2D eigenvalue weighted by Crippen LogP contribution is -2.84. The van der Waals surface area contributed by atoms with Crippen molar-refractivity contribution in [2.75, 3.05) is 33.4 Å². The maximum atomic E-state index is 14.0. The second kappa shape index (κ2) is 9.09. The van der Waals surface area contributed by atoms with Crippen molar-refractivity contribution in [1.82, 2.24) is 10.2 Å². The van der Waals surface area contributed by atoms with Gasteiger partial charge < -0.3 is 24.3 Å². The molecular weight excluding hydrogens is 528 g/mol. The third kappa shape index (κ3) is 3.50. The van der Waals surface area contributed by atoms with Gasteiger partial charge in [0.25, 0.3) is 0 Å². The Morgan fingerprint density at radius 3 is 2.65 bits per heavy atom. The molecule has 0 aromatic heterocycles. The Morgan fingerprint density at radius 2 is 1.90 bits per heavy atom. The number of benzene rings is 2. The minimum atomic E-state index is -0.806. The zero-order valence-electron chi connectivity index (χ0n) is 23.0. The Bertz CT molecular complexity index is 1340. The van der Waals surface area contributed by atoms with E-state index < -0.39 is 16.7 Å². The first-order valence-corrected chi connectivity index (χ1v) is 15.3.